The number of hydrogen-bond donors (Lipinski definition) is 1. The van der Waals surface area contributed by atoms with E-state index in [-0.39, 0.29) is 5.41 Å². The maximum absolute atomic E-state index is 13.1. The fraction of sp³-hybridized carbons (Fsp3) is 0.917. The monoisotopic (exact) mass is 374 g/mol. The molecule has 0 bridgehead atoms. The highest BCUT2D eigenvalue weighted by Gasteiger charge is 2.61. The van der Waals surface area contributed by atoms with Crippen LogP contribution in [0.15, 0.2) is 0 Å². The molecule has 3 heteroatoms. The van der Waals surface area contributed by atoms with Crippen LogP contribution in [0.3, 0.4) is 0 Å². The third kappa shape index (κ3) is 2.99. The summed E-state index contributed by atoms with van der Waals surface area (Å²) in [5, 5.41) is 9.09. The van der Waals surface area contributed by atoms with Gasteiger partial charge in [-0.15, -0.1) is 0 Å². The third-order valence-corrected chi connectivity index (χ3v) is 9.94. The molecule has 0 saturated heterocycles. The van der Waals surface area contributed by atoms with Gasteiger partial charge in [0, 0.05) is 18.8 Å². The number of rotatable bonds is 4. The van der Waals surface area contributed by atoms with E-state index >= 15 is 0 Å². The second-order valence-electron chi connectivity index (χ2n) is 11.0. The molecule has 0 aromatic carbocycles. The summed E-state index contributed by atoms with van der Waals surface area (Å²) in [6, 6.07) is 0. The Bertz CT molecular complexity index is 613. The standard InChI is InChI=1S/C24H38O3/c1-15(7-10-22(26)27)17-8-9-18-16-14-21(25)20-6-4-5-12-23(20,2)19(16)11-13-24(17,18)3/h15-20H,4-14H2,1-3H3,(H,26,27)/t15-,16+,17-,18+,19+,20-,23-,24-/m1/s1. The van der Waals surface area contributed by atoms with Gasteiger partial charge in [-0.25, -0.2) is 0 Å². The van der Waals surface area contributed by atoms with Crippen LogP contribution in [-0.4, -0.2) is 16.9 Å². The van der Waals surface area contributed by atoms with Crippen molar-refractivity contribution in [3.05, 3.63) is 0 Å². The Morgan fingerprint density at radius 2 is 1.81 bits per heavy atom. The largest absolute Gasteiger partial charge is 0.481 e. The van der Waals surface area contributed by atoms with Crippen LogP contribution >= 0.6 is 0 Å². The Balaban J connectivity index is 1.56. The molecule has 4 saturated carbocycles. The van der Waals surface area contributed by atoms with Crippen molar-refractivity contribution in [3.63, 3.8) is 0 Å². The van der Waals surface area contributed by atoms with Crippen molar-refractivity contribution < 1.29 is 14.7 Å². The Labute approximate surface area is 164 Å². The van der Waals surface area contributed by atoms with E-state index in [1.54, 1.807) is 0 Å². The lowest BCUT2D eigenvalue weighted by molar-refractivity contribution is -0.154. The highest BCUT2D eigenvalue weighted by Crippen LogP contribution is 2.67. The fourth-order valence-corrected chi connectivity index (χ4v) is 8.62. The first-order chi connectivity index (χ1) is 12.8. The van der Waals surface area contributed by atoms with E-state index < -0.39 is 5.97 Å². The maximum Gasteiger partial charge on any atom is 0.303 e. The molecule has 1 N–H and O–H groups in total. The Morgan fingerprint density at radius 3 is 2.56 bits per heavy atom. The molecule has 0 aromatic heterocycles. The van der Waals surface area contributed by atoms with E-state index in [0.29, 0.717) is 47.2 Å². The van der Waals surface area contributed by atoms with Gasteiger partial charge in [0.1, 0.15) is 5.78 Å². The van der Waals surface area contributed by atoms with Crippen LogP contribution in [0, 0.1) is 46.3 Å². The molecule has 0 amide bonds. The van der Waals surface area contributed by atoms with Crippen molar-refractivity contribution in [2.45, 2.75) is 91.4 Å². The summed E-state index contributed by atoms with van der Waals surface area (Å²) in [5.41, 5.74) is 0.573. The predicted octanol–water partition coefficient (Wildman–Crippen LogP) is 5.72. The van der Waals surface area contributed by atoms with Gasteiger partial charge in [0.15, 0.2) is 0 Å². The average Bonchev–Trinajstić information content (AvgIpc) is 2.97. The zero-order chi connectivity index (χ0) is 19.4. The molecule has 152 valence electrons. The number of ketones is 1. The Kier molecular flexibility index (Phi) is 4.96. The lowest BCUT2D eigenvalue weighted by Crippen LogP contribution is -2.56. The molecule has 0 heterocycles. The van der Waals surface area contributed by atoms with Crippen molar-refractivity contribution in [1.29, 1.82) is 0 Å². The number of carboxylic acid groups (broad SMARTS) is 1. The van der Waals surface area contributed by atoms with E-state index in [1.165, 1.54) is 44.9 Å². The van der Waals surface area contributed by atoms with Gasteiger partial charge in [-0.3, -0.25) is 9.59 Å². The molecule has 4 aliphatic carbocycles. The van der Waals surface area contributed by atoms with Crippen LogP contribution < -0.4 is 0 Å². The van der Waals surface area contributed by atoms with E-state index in [1.807, 2.05) is 0 Å². The molecule has 0 spiro atoms. The number of fused-ring (bicyclic) bond motifs is 5. The third-order valence-electron chi connectivity index (χ3n) is 9.94. The van der Waals surface area contributed by atoms with Gasteiger partial charge in [-0.1, -0.05) is 33.6 Å². The lowest BCUT2D eigenvalue weighted by Gasteiger charge is -2.60. The first-order valence-electron chi connectivity index (χ1n) is 11.5. The first kappa shape index (κ1) is 19.5. The first-order valence-corrected chi connectivity index (χ1v) is 11.5. The summed E-state index contributed by atoms with van der Waals surface area (Å²) in [5.74, 6) is 3.36. The van der Waals surface area contributed by atoms with Gasteiger partial charge in [0.25, 0.3) is 0 Å². The topological polar surface area (TPSA) is 54.4 Å². The van der Waals surface area contributed by atoms with Gasteiger partial charge >= 0.3 is 5.97 Å². The minimum Gasteiger partial charge on any atom is -0.481 e. The summed E-state index contributed by atoms with van der Waals surface area (Å²) in [4.78, 5) is 24.1. The summed E-state index contributed by atoms with van der Waals surface area (Å²) < 4.78 is 0. The van der Waals surface area contributed by atoms with Crippen molar-refractivity contribution in [3.8, 4) is 0 Å². The van der Waals surface area contributed by atoms with E-state index in [0.717, 1.165) is 25.2 Å². The molecule has 4 fully saturated rings. The normalized spacial score (nSPS) is 47.7. The van der Waals surface area contributed by atoms with Gasteiger partial charge in [-0.05, 0) is 85.4 Å². The van der Waals surface area contributed by atoms with Crippen molar-refractivity contribution >= 4 is 11.8 Å². The molecule has 0 aliphatic heterocycles. The smallest absolute Gasteiger partial charge is 0.303 e. The lowest BCUT2D eigenvalue weighted by atomic mass is 9.44. The van der Waals surface area contributed by atoms with Crippen LogP contribution in [0.4, 0.5) is 0 Å². The molecular formula is C24H38O3. The maximum atomic E-state index is 13.1. The average molecular weight is 375 g/mol. The second kappa shape index (κ2) is 6.88. The molecule has 0 radical (unpaired) electrons. The molecule has 0 unspecified atom stereocenters. The second-order valence-corrected chi connectivity index (χ2v) is 11.0. The highest BCUT2D eigenvalue weighted by atomic mass is 16.4. The van der Waals surface area contributed by atoms with Crippen molar-refractivity contribution in [2.75, 3.05) is 0 Å². The quantitative estimate of drug-likeness (QED) is 0.685. The number of Topliss-reactive ketones (excluding diaryl/α,β-unsaturated/α-hetero) is 1. The number of hydrogen-bond acceptors (Lipinski definition) is 2. The Hall–Kier alpha value is -0.860. The molecule has 8 atom stereocenters. The number of carbonyl (C=O) groups excluding carboxylic acids is 1. The van der Waals surface area contributed by atoms with Gasteiger partial charge < -0.3 is 5.11 Å². The van der Waals surface area contributed by atoms with E-state index in [4.69, 9.17) is 5.11 Å². The number of aliphatic carboxylic acids is 1. The minimum absolute atomic E-state index is 0.257. The summed E-state index contributed by atoms with van der Waals surface area (Å²) >= 11 is 0. The SMILES string of the molecule is C[C@H](CCC(=O)O)[C@H]1CC[C@H]2[C@@H]3CC(=O)[C@H]4CCCC[C@]4(C)[C@H]3CC[C@]12C. The molecular weight excluding hydrogens is 336 g/mol. The van der Waals surface area contributed by atoms with E-state index in [2.05, 4.69) is 20.8 Å². The minimum atomic E-state index is -0.667. The molecule has 4 aliphatic rings. The van der Waals surface area contributed by atoms with Gasteiger partial charge in [0.2, 0.25) is 0 Å². The van der Waals surface area contributed by atoms with Crippen molar-refractivity contribution in [1.82, 2.24) is 0 Å². The van der Waals surface area contributed by atoms with Gasteiger partial charge in [-0.2, -0.15) is 0 Å². The fourth-order valence-electron chi connectivity index (χ4n) is 8.62. The predicted molar refractivity (Wildman–Crippen MR) is 106 cm³/mol. The van der Waals surface area contributed by atoms with Crippen LogP contribution in [0.25, 0.3) is 0 Å². The summed E-state index contributed by atoms with van der Waals surface area (Å²) in [6.07, 6.45) is 11.9. The van der Waals surface area contributed by atoms with Crippen LogP contribution in [-0.2, 0) is 9.59 Å². The molecule has 4 rings (SSSR count). The number of carboxylic acids is 1. The molecule has 0 aromatic rings. The summed E-state index contributed by atoms with van der Waals surface area (Å²) in [7, 11) is 0. The van der Waals surface area contributed by atoms with E-state index in [9.17, 15) is 9.59 Å². The molecule has 27 heavy (non-hydrogen) atoms. The Morgan fingerprint density at radius 1 is 1.07 bits per heavy atom. The van der Waals surface area contributed by atoms with Crippen molar-refractivity contribution in [2.24, 2.45) is 46.3 Å². The zero-order valence-corrected chi connectivity index (χ0v) is 17.5. The van der Waals surface area contributed by atoms with Crippen LogP contribution in [0.5, 0.6) is 0 Å². The highest BCUT2D eigenvalue weighted by molar-refractivity contribution is 5.83. The molecule has 3 nitrogen and oxygen atoms in total. The number of carbonyl (C=O) groups is 2. The van der Waals surface area contributed by atoms with Gasteiger partial charge in [0.05, 0.1) is 0 Å². The summed E-state index contributed by atoms with van der Waals surface area (Å²) in [6.45, 7) is 7.22. The van der Waals surface area contributed by atoms with Crippen LogP contribution in [0.2, 0.25) is 0 Å². The van der Waals surface area contributed by atoms with Crippen LogP contribution in [0.1, 0.15) is 91.4 Å². The zero-order valence-electron chi connectivity index (χ0n) is 17.5.